The van der Waals surface area contributed by atoms with Crippen molar-refractivity contribution in [1.29, 1.82) is 0 Å². The van der Waals surface area contributed by atoms with Crippen LogP contribution in [0.3, 0.4) is 0 Å². The second-order valence-electron chi connectivity index (χ2n) is 4.85. The zero-order valence-electron chi connectivity index (χ0n) is 10.2. The molecule has 1 N–H and O–H groups in total. The summed E-state index contributed by atoms with van der Waals surface area (Å²) < 4.78 is 1.90. The Balaban J connectivity index is 1.95. The summed E-state index contributed by atoms with van der Waals surface area (Å²) in [6, 6.07) is 0.412. The third-order valence-electron chi connectivity index (χ3n) is 3.16. The minimum atomic E-state index is 0.360. The number of nitrogens with one attached hydrogen (secondary N) is 1. The van der Waals surface area contributed by atoms with Crippen molar-refractivity contribution in [1.82, 2.24) is 25.1 Å². The smallest absolute Gasteiger partial charge is 0.234 e. The van der Waals surface area contributed by atoms with Gasteiger partial charge >= 0.3 is 0 Å². The number of fused-ring (bicyclic) bond motifs is 1. The van der Waals surface area contributed by atoms with Gasteiger partial charge in [0, 0.05) is 5.92 Å². The summed E-state index contributed by atoms with van der Waals surface area (Å²) >= 11 is 1.66. The molecule has 1 saturated heterocycles. The molecule has 0 radical (unpaired) electrons. The molecule has 0 amide bonds. The number of rotatable bonds is 2. The van der Waals surface area contributed by atoms with Crippen molar-refractivity contribution in [2.45, 2.75) is 45.1 Å². The highest BCUT2D eigenvalue weighted by molar-refractivity contribution is 7.16. The highest BCUT2D eigenvalue weighted by Crippen LogP contribution is 2.27. The zero-order chi connectivity index (χ0) is 11.8. The van der Waals surface area contributed by atoms with Gasteiger partial charge < -0.3 is 5.32 Å². The van der Waals surface area contributed by atoms with E-state index in [1.807, 2.05) is 4.52 Å². The lowest BCUT2D eigenvalue weighted by Gasteiger charge is -2.20. The molecule has 0 aliphatic carbocycles. The van der Waals surface area contributed by atoms with Crippen LogP contribution in [0.15, 0.2) is 0 Å². The molecule has 1 aliphatic rings. The second kappa shape index (κ2) is 4.34. The summed E-state index contributed by atoms with van der Waals surface area (Å²) in [6.07, 6.45) is 3.74. The molecule has 3 rings (SSSR count). The zero-order valence-corrected chi connectivity index (χ0v) is 11.0. The van der Waals surface area contributed by atoms with Crippen LogP contribution in [0.1, 0.15) is 55.9 Å². The molecule has 2 aromatic rings. The van der Waals surface area contributed by atoms with Crippen molar-refractivity contribution in [3.8, 4) is 0 Å². The molecule has 0 bridgehead atoms. The van der Waals surface area contributed by atoms with Crippen LogP contribution >= 0.6 is 11.3 Å². The minimum Gasteiger partial charge on any atom is -0.308 e. The number of hydrogen-bond acceptors (Lipinski definition) is 5. The molecule has 1 atom stereocenters. The summed E-state index contributed by atoms with van der Waals surface area (Å²) in [5.74, 6) is 1.32. The third kappa shape index (κ3) is 1.95. The molecule has 0 spiro atoms. The van der Waals surface area contributed by atoms with Crippen LogP contribution < -0.4 is 5.32 Å². The maximum Gasteiger partial charge on any atom is 0.234 e. The summed E-state index contributed by atoms with van der Waals surface area (Å²) in [5, 5.41) is 17.7. The summed E-state index contributed by atoms with van der Waals surface area (Å²) in [5.41, 5.74) is 0. The quantitative estimate of drug-likeness (QED) is 0.888. The van der Waals surface area contributed by atoms with Gasteiger partial charge in [-0.1, -0.05) is 31.6 Å². The second-order valence-corrected chi connectivity index (χ2v) is 5.84. The average Bonchev–Trinajstić information content (AvgIpc) is 2.88. The molecule has 3 heterocycles. The summed E-state index contributed by atoms with van der Waals surface area (Å²) in [7, 11) is 0. The molecule has 0 saturated carbocycles. The Hall–Kier alpha value is -1.01. The van der Waals surface area contributed by atoms with Crippen molar-refractivity contribution in [3.63, 3.8) is 0 Å². The van der Waals surface area contributed by atoms with Crippen molar-refractivity contribution >= 4 is 16.3 Å². The number of aromatic nitrogens is 4. The molecule has 5 nitrogen and oxygen atoms in total. The van der Waals surface area contributed by atoms with E-state index in [1.165, 1.54) is 19.3 Å². The first kappa shape index (κ1) is 11.1. The standard InChI is InChI=1S/C11H17N5S/c1-7(2)9-13-14-11-16(9)15-10(17-11)8-5-3-4-6-12-8/h7-8,12H,3-6H2,1-2H3. The Labute approximate surface area is 104 Å². The van der Waals surface area contributed by atoms with Gasteiger partial charge in [0.1, 0.15) is 5.01 Å². The lowest BCUT2D eigenvalue weighted by atomic mass is 10.1. The largest absolute Gasteiger partial charge is 0.308 e. The highest BCUT2D eigenvalue weighted by Gasteiger charge is 2.21. The fourth-order valence-electron chi connectivity index (χ4n) is 2.21. The number of nitrogens with zero attached hydrogens (tertiary/aromatic N) is 4. The van der Waals surface area contributed by atoms with E-state index in [0.717, 1.165) is 22.3 Å². The van der Waals surface area contributed by atoms with Crippen LogP contribution in [0.5, 0.6) is 0 Å². The Bertz CT molecular complexity index is 509. The lowest BCUT2D eigenvalue weighted by molar-refractivity contribution is 0.408. The van der Waals surface area contributed by atoms with Gasteiger partial charge in [-0.3, -0.25) is 0 Å². The maximum absolute atomic E-state index is 4.67. The molecule has 17 heavy (non-hydrogen) atoms. The molecule has 6 heteroatoms. The van der Waals surface area contributed by atoms with E-state index >= 15 is 0 Å². The van der Waals surface area contributed by atoms with Crippen LogP contribution in [0.4, 0.5) is 0 Å². The Morgan fingerprint density at radius 2 is 2.24 bits per heavy atom. The van der Waals surface area contributed by atoms with E-state index in [9.17, 15) is 0 Å². The fourth-order valence-corrected chi connectivity index (χ4v) is 3.17. The Morgan fingerprint density at radius 1 is 1.35 bits per heavy atom. The average molecular weight is 251 g/mol. The van der Waals surface area contributed by atoms with Crippen LogP contribution in [0.2, 0.25) is 0 Å². The topological polar surface area (TPSA) is 55.1 Å². The SMILES string of the molecule is CC(C)c1nnc2sc(C3CCCCN3)nn12. The van der Waals surface area contributed by atoms with Gasteiger partial charge in [-0.05, 0) is 19.4 Å². The summed E-state index contributed by atoms with van der Waals surface area (Å²) in [6.45, 7) is 5.34. The van der Waals surface area contributed by atoms with Crippen molar-refractivity contribution in [2.24, 2.45) is 0 Å². The van der Waals surface area contributed by atoms with Gasteiger partial charge in [0.2, 0.25) is 4.96 Å². The monoisotopic (exact) mass is 251 g/mol. The molecule has 1 fully saturated rings. The first-order valence-corrected chi connectivity index (χ1v) is 7.03. The van der Waals surface area contributed by atoms with Crippen molar-refractivity contribution < 1.29 is 0 Å². The van der Waals surface area contributed by atoms with E-state index in [2.05, 4.69) is 34.5 Å². The van der Waals surface area contributed by atoms with Gasteiger partial charge in [0.05, 0.1) is 6.04 Å². The summed E-state index contributed by atoms with van der Waals surface area (Å²) in [4.78, 5) is 0.913. The van der Waals surface area contributed by atoms with Crippen molar-refractivity contribution in [3.05, 3.63) is 10.8 Å². The Morgan fingerprint density at radius 3 is 2.94 bits per heavy atom. The van der Waals surface area contributed by atoms with Gasteiger partial charge in [-0.2, -0.15) is 9.61 Å². The minimum absolute atomic E-state index is 0.360. The number of piperidine rings is 1. The predicted molar refractivity (Wildman–Crippen MR) is 67.3 cm³/mol. The first-order chi connectivity index (χ1) is 8.25. The molecule has 92 valence electrons. The molecule has 1 aliphatic heterocycles. The highest BCUT2D eigenvalue weighted by atomic mass is 32.1. The Kier molecular flexibility index (Phi) is 2.84. The van der Waals surface area contributed by atoms with Crippen LogP contribution in [0, 0.1) is 0 Å². The van der Waals surface area contributed by atoms with Crippen molar-refractivity contribution in [2.75, 3.05) is 6.54 Å². The molecule has 2 aromatic heterocycles. The predicted octanol–water partition coefficient (Wildman–Crippen LogP) is 2.12. The van der Waals surface area contributed by atoms with Crippen LogP contribution in [-0.2, 0) is 0 Å². The van der Waals surface area contributed by atoms with Crippen LogP contribution in [-0.4, -0.2) is 26.4 Å². The van der Waals surface area contributed by atoms with E-state index in [-0.39, 0.29) is 0 Å². The van der Waals surface area contributed by atoms with Gasteiger partial charge in [-0.25, -0.2) is 0 Å². The van der Waals surface area contributed by atoms with Gasteiger partial charge in [0.25, 0.3) is 0 Å². The fraction of sp³-hybridized carbons (Fsp3) is 0.727. The number of hydrogen-bond donors (Lipinski definition) is 1. The van der Waals surface area contributed by atoms with E-state index in [1.54, 1.807) is 11.3 Å². The first-order valence-electron chi connectivity index (χ1n) is 6.21. The lowest BCUT2D eigenvalue weighted by Crippen LogP contribution is -2.26. The maximum atomic E-state index is 4.67. The van der Waals surface area contributed by atoms with Gasteiger partial charge in [-0.15, -0.1) is 10.2 Å². The molecule has 1 unspecified atom stereocenters. The molecular formula is C11H17N5S. The van der Waals surface area contributed by atoms with Crippen LogP contribution in [0.25, 0.3) is 4.96 Å². The van der Waals surface area contributed by atoms with E-state index < -0.39 is 0 Å². The van der Waals surface area contributed by atoms with E-state index in [0.29, 0.717) is 12.0 Å². The molecule has 0 aromatic carbocycles. The van der Waals surface area contributed by atoms with E-state index in [4.69, 9.17) is 0 Å². The van der Waals surface area contributed by atoms with Gasteiger partial charge in [0.15, 0.2) is 5.82 Å². The molecular weight excluding hydrogens is 234 g/mol. The third-order valence-corrected chi connectivity index (χ3v) is 4.17. The normalized spacial score (nSPS) is 21.5.